The Morgan fingerprint density at radius 2 is 2.04 bits per heavy atom. The van der Waals surface area contributed by atoms with Crippen molar-refractivity contribution in [3.8, 4) is 5.75 Å². The lowest BCUT2D eigenvalue weighted by atomic mass is 9.77. The molecule has 0 radical (unpaired) electrons. The molecule has 2 fully saturated rings. The monoisotopic (exact) mass is 316 g/mol. The molecule has 1 N–H and O–H groups in total. The number of carbonyl (C=O) groups is 2. The third kappa shape index (κ3) is 3.19. The first-order chi connectivity index (χ1) is 11.0. The second kappa shape index (κ2) is 6.22. The Labute approximate surface area is 137 Å². The number of amides is 3. The molecule has 0 unspecified atom stereocenters. The Balaban J connectivity index is 1.58. The van der Waals surface area contributed by atoms with E-state index >= 15 is 0 Å². The largest absolute Gasteiger partial charge is 0.492 e. The molecule has 2 aliphatic rings. The molecule has 1 aliphatic carbocycles. The minimum absolute atomic E-state index is 0.0813. The number of aryl methyl sites for hydroxylation is 1. The van der Waals surface area contributed by atoms with E-state index in [2.05, 4.69) is 12.2 Å². The van der Waals surface area contributed by atoms with Crippen molar-refractivity contribution < 1.29 is 14.3 Å². The lowest BCUT2D eigenvalue weighted by molar-refractivity contribution is -0.132. The number of nitrogens with zero attached hydrogens (tertiary/aromatic N) is 1. The Hall–Kier alpha value is -2.04. The van der Waals surface area contributed by atoms with Crippen LogP contribution in [0.1, 0.15) is 38.2 Å². The molecular weight excluding hydrogens is 292 g/mol. The zero-order chi connectivity index (χ0) is 16.4. The van der Waals surface area contributed by atoms with Gasteiger partial charge in [-0.2, -0.15) is 0 Å². The van der Waals surface area contributed by atoms with Crippen LogP contribution in [0.5, 0.6) is 5.75 Å². The molecule has 124 valence electrons. The summed E-state index contributed by atoms with van der Waals surface area (Å²) in [7, 11) is 0. The minimum Gasteiger partial charge on any atom is -0.492 e. The number of hydrogen-bond acceptors (Lipinski definition) is 3. The highest BCUT2D eigenvalue weighted by molar-refractivity contribution is 6.07. The maximum atomic E-state index is 12.7. The predicted octanol–water partition coefficient (Wildman–Crippen LogP) is 2.87. The number of urea groups is 1. The summed E-state index contributed by atoms with van der Waals surface area (Å²) in [5, 5.41) is 2.93. The average Bonchev–Trinajstić information content (AvgIpc) is 2.75. The molecule has 1 aromatic carbocycles. The van der Waals surface area contributed by atoms with Crippen molar-refractivity contribution in [3.05, 3.63) is 29.8 Å². The second-order valence-electron chi connectivity index (χ2n) is 6.82. The van der Waals surface area contributed by atoms with Gasteiger partial charge in [-0.05, 0) is 56.2 Å². The van der Waals surface area contributed by atoms with Crippen molar-refractivity contribution in [1.29, 1.82) is 0 Å². The van der Waals surface area contributed by atoms with E-state index in [-0.39, 0.29) is 18.5 Å². The summed E-state index contributed by atoms with van der Waals surface area (Å²) in [5.41, 5.74) is 0.459. The van der Waals surface area contributed by atoms with Gasteiger partial charge >= 0.3 is 6.03 Å². The van der Waals surface area contributed by atoms with Crippen LogP contribution in [0.15, 0.2) is 24.3 Å². The van der Waals surface area contributed by atoms with Crippen molar-refractivity contribution in [3.63, 3.8) is 0 Å². The van der Waals surface area contributed by atoms with Gasteiger partial charge in [-0.15, -0.1) is 0 Å². The van der Waals surface area contributed by atoms with Gasteiger partial charge in [0.25, 0.3) is 5.91 Å². The third-order valence-electron chi connectivity index (χ3n) is 4.95. The first-order valence-electron chi connectivity index (χ1n) is 8.34. The van der Waals surface area contributed by atoms with E-state index in [4.69, 9.17) is 4.74 Å². The van der Waals surface area contributed by atoms with Crippen molar-refractivity contribution in [2.75, 3.05) is 13.2 Å². The molecule has 5 nitrogen and oxygen atoms in total. The highest BCUT2D eigenvalue weighted by Gasteiger charge is 2.51. The van der Waals surface area contributed by atoms with Crippen LogP contribution >= 0.6 is 0 Å². The summed E-state index contributed by atoms with van der Waals surface area (Å²) in [4.78, 5) is 26.2. The quantitative estimate of drug-likeness (QED) is 0.869. The maximum Gasteiger partial charge on any atom is 0.325 e. The molecule has 5 heteroatoms. The zero-order valence-corrected chi connectivity index (χ0v) is 13.8. The summed E-state index contributed by atoms with van der Waals surface area (Å²) in [6.07, 6.45) is 3.46. The number of nitrogens with one attached hydrogen (secondary N) is 1. The molecule has 1 spiro atoms. The average molecular weight is 316 g/mol. The fraction of sp³-hybridized carbons (Fsp3) is 0.556. The smallest absolute Gasteiger partial charge is 0.325 e. The van der Waals surface area contributed by atoms with Gasteiger partial charge in [-0.25, -0.2) is 4.79 Å². The van der Waals surface area contributed by atoms with Gasteiger partial charge in [0.05, 0.1) is 6.54 Å². The molecule has 23 heavy (non-hydrogen) atoms. The summed E-state index contributed by atoms with van der Waals surface area (Å²) in [5.74, 6) is 1.31. The molecule has 0 atom stereocenters. The summed E-state index contributed by atoms with van der Waals surface area (Å²) < 4.78 is 5.66. The molecular formula is C18H24N2O3. The molecule has 1 saturated carbocycles. The van der Waals surface area contributed by atoms with E-state index < -0.39 is 5.54 Å². The summed E-state index contributed by atoms with van der Waals surface area (Å²) >= 11 is 0. The zero-order valence-electron chi connectivity index (χ0n) is 13.8. The van der Waals surface area contributed by atoms with Crippen LogP contribution < -0.4 is 10.1 Å². The second-order valence-corrected chi connectivity index (χ2v) is 6.82. The Bertz CT molecular complexity index is 606. The number of imide groups is 1. The standard InChI is InChI=1S/C18H24N2O3/c1-13-6-8-18(9-7-13)16(21)20(17(22)19-18)10-11-23-15-5-3-4-14(2)12-15/h3-5,12-13H,6-11H2,1-2H3,(H,19,22). The highest BCUT2D eigenvalue weighted by atomic mass is 16.5. The van der Waals surface area contributed by atoms with Gasteiger partial charge in [0.2, 0.25) is 0 Å². The van der Waals surface area contributed by atoms with E-state index in [1.807, 2.05) is 31.2 Å². The molecule has 1 aliphatic heterocycles. The molecule has 1 aromatic rings. The van der Waals surface area contributed by atoms with Crippen LogP contribution in [0.2, 0.25) is 0 Å². The lowest BCUT2D eigenvalue weighted by Gasteiger charge is -2.33. The van der Waals surface area contributed by atoms with Gasteiger partial charge in [0.1, 0.15) is 17.9 Å². The fourth-order valence-electron chi connectivity index (χ4n) is 3.43. The molecule has 1 saturated heterocycles. The third-order valence-corrected chi connectivity index (χ3v) is 4.95. The Morgan fingerprint density at radius 1 is 1.30 bits per heavy atom. The predicted molar refractivity (Wildman–Crippen MR) is 87.3 cm³/mol. The highest BCUT2D eigenvalue weighted by Crippen LogP contribution is 2.36. The van der Waals surface area contributed by atoms with E-state index in [9.17, 15) is 9.59 Å². The molecule has 0 aromatic heterocycles. The van der Waals surface area contributed by atoms with Crippen LogP contribution in [0.25, 0.3) is 0 Å². The van der Waals surface area contributed by atoms with E-state index in [0.29, 0.717) is 12.5 Å². The SMILES string of the molecule is Cc1cccc(OCCN2C(=O)NC3(CCC(C)CC3)C2=O)c1. The van der Waals surface area contributed by atoms with Crippen LogP contribution in [-0.4, -0.2) is 35.5 Å². The van der Waals surface area contributed by atoms with Gasteiger partial charge in [-0.1, -0.05) is 19.1 Å². The van der Waals surface area contributed by atoms with E-state index in [1.54, 1.807) is 0 Å². The van der Waals surface area contributed by atoms with Gasteiger partial charge in [0.15, 0.2) is 0 Å². The topological polar surface area (TPSA) is 58.6 Å². The van der Waals surface area contributed by atoms with E-state index in [0.717, 1.165) is 37.0 Å². The Morgan fingerprint density at radius 3 is 2.74 bits per heavy atom. The first kappa shape index (κ1) is 15.8. The maximum absolute atomic E-state index is 12.7. The molecule has 0 bridgehead atoms. The van der Waals surface area contributed by atoms with Gasteiger partial charge < -0.3 is 10.1 Å². The molecule has 3 amide bonds. The number of ether oxygens (including phenoxy) is 1. The number of benzene rings is 1. The van der Waals surface area contributed by atoms with Crippen LogP contribution in [0.3, 0.4) is 0 Å². The minimum atomic E-state index is -0.660. The molecule has 1 heterocycles. The normalized spacial score (nSPS) is 27.4. The van der Waals surface area contributed by atoms with Crippen molar-refractivity contribution >= 4 is 11.9 Å². The number of carbonyl (C=O) groups excluding carboxylic acids is 2. The number of hydrogen-bond donors (Lipinski definition) is 1. The van der Waals surface area contributed by atoms with Gasteiger partial charge in [-0.3, -0.25) is 9.69 Å². The van der Waals surface area contributed by atoms with Crippen molar-refractivity contribution in [2.24, 2.45) is 5.92 Å². The molecule has 3 rings (SSSR count). The first-order valence-corrected chi connectivity index (χ1v) is 8.34. The lowest BCUT2D eigenvalue weighted by Crippen LogP contribution is -2.49. The summed E-state index contributed by atoms with van der Waals surface area (Å²) in [6.45, 7) is 4.80. The fourth-order valence-corrected chi connectivity index (χ4v) is 3.43. The van der Waals surface area contributed by atoms with Crippen LogP contribution in [-0.2, 0) is 4.79 Å². The van der Waals surface area contributed by atoms with E-state index in [1.165, 1.54) is 4.90 Å². The number of rotatable bonds is 4. The Kier molecular flexibility index (Phi) is 4.28. The van der Waals surface area contributed by atoms with Crippen LogP contribution in [0.4, 0.5) is 4.79 Å². The van der Waals surface area contributed by atoms with Crippen LogP contribution in [0, 0.1) is 12.8 Å². The van der Waals surface area contributed by atoms with Gasteiger partial charge in [0, 0.05) is 0 Å². The van der Waals surface area contributed by atoms with Crippen molar-refractivity contribution in [2.45, 2.75) is 45.1 Å². The summed E-state index contributed by atoms with van der Waals surface area (Å²) in [6, 6.07) is 7.46. The van der Waals surface area contributed by atoms with Crippen molar-refractivity contribution in [1.82, 2.24) is 10.2 Å².